The Bertz CT molecular complexity index is 668. The number of alkyl halides is 1. The average molecular weight is 339 g/mol. The van der Waals surface area contributed by atoms with Gasteiger partial charge >= 0.3 is 0 Å². The van der Waals surface area contributed by atoms with Crippen molar-refractivity contribution in [2.75, 3.05) is 0 Å². The third-order valence-corrected chi connectivity index (χ3v) is 9.06. The fourth-order valence-electron chi connectivity index (χ4n) is 2.08. The van der Waals surface area contributed by atoms with E-state index in [-0.39, 0.29) is 10.5 Å². The molecule has 0 bridgehead atoms. The fraction of sp³-hybridized carbons (Fsp3) is 0.417. The van der Waals surface area contributed by atoms with Gasteiger partial charge in [0.15, 0.2) is 19.8 Å². The van der Waals surface area contributed by atoms with Crippen molar-refractivity contribution in [3.63, 3.8) is 0 Å². The van der Waals surface area contributed by atoms with Crippen molar-refractivity contribution < 1.29 is 13.2 Å². The molecule has 0 spiro atoms. The predicted octanol–water partition coefficient (Wildman–Crippen LogP) is 3.57. The fourth-order valence-corrected chi connectivity index (χ4v) is 5.91. The molecule has 0 saturated carbocycles. The number of sulfone groups is 1. The third-order valence-electron chi connectivity index (χ3n) is 3.51. The Kier molecular flexibility index (Phi) is 3.50. The second kappa shape index (κ2) is 4.38. The Morgan fingerprint density at radius 1 is 1.26 bits per heavy atom. The predicted molar refractivity (Wildman–Crippen MR) is 78.8 cm³/mol. The molecular formula is C12H12Cl2O3S2. The summed E-state index contributed by atoms with van der Waals surface area (Å²) in [5.74, 6) is -0.465. The minimum atomic E-state index is -3.75. The van der Waals surface area contributed by atoms with Crippen molar-refractivity contribution in [3.05, 3.63) is 29.3 Å². The molecule has 0 N–H and O–H groups in total. The van der Waals surface area contributed by atoms with Crippen LogP contribution in [-0.4, -0.2) is 23.2 Å². The van der Waals surface area contributed by atoms with E-state index in [2.05, 4.69) is 0 Å². The molecule has 1 aromatic carbocycles. The van der Waals surface area contributed by atoms with Crippen molar-refractivity contribution in [1.29, 1.82) is 0 Å². The van der Waals surface area contributed by atoms with Crippen LogP contribution in [0.1, 0.15) is 29.8 Å². The topological polar surface area (TPSA) is 51.2 Å². The quantitative estimate of drug-likeness (QED) is 0.734. The zero-order valence-corrected chi connectivity index (χ0v) is 13.7. The molecule has 2 rings (SSSR count). The highest BCUT2D eigenvalue weighted by Gasteiger charge is 2.62. The van der Waals surface area contributed by atoms with E-state index in [9.17, 15) is 13.2 Å². The molecule has 1 aromatic rings. The molecular weight excluding hydrogens is 327 g/mol. The number of Topliss-reactive ketones (excluding diaryl/α,β-unsaturated/α-hetero) is 1. The van der Waals surface area contributed by atoms with Crippen LogP contribution in [0, 0.1) is 6.92 Å². The van der Waals surface area contributed by atoms with E-state index in [1.807, 2.05) is 0 Å². The van der Waals surface area contributed by atoms with Gasteiger partial charge < -0.3 is 0 Å². The van der Waals surface area contributed by atoms with Crippen molar-refractivity contribution in [2.45, 2.75) is 34.6 Å². The van der Waals surface area contributed by atoms with Crippen LogP contribution in [0.2, 0.25) is 0 Å². The molecule has 1 atom stereocenters. The van der Waals surface area contributed by atoms with Gasteiger partial charge in [0, 0.05) is 5.56 Å². The van der Waals surface area contributed by atoms with Crippen LogP contribution < -0.4 is 0 Å². The van der Waals surface area contributed by atoms with Crippen LogP contribution in [-0.2, 0) is 9.84 Å². The molecule has 0 amide bonds. The number of ketones is 1. The Hall–Kier alpha value is -0.230. The van der Waals surface area contributed by atoms with E-state index in [1.165, 1.54) is 26.0 Å². The van der Waals surface area contributed by atoms with Gasteiger partial charge in [-0.15, -0.1) is 0 Å². The molecule has 0 aromatic heterocycles. The number of benzene rings is 1. The van der Waals surface area contributed by atoms with Crippen molar-refractivity contribution >= 4 is 48.9 Å². The molecule has 19 heavy (non-hydrogen) atoms. The molecule has 1 aliphatic rings. The lowest BCUT2D eigenvalue weighted by Crippen LogP contribution is -2.57. The first-order chi connectivity index (χ1) is 8.59. The van der Waals surface area contributed by atoms with Crippen molar-refractivity contribution in [3.8, 4) is 0 Å². The standard InChI is InChI=1S/C12H12Cl2O3S2/c1-7-4-5-9-8(6-7)10(15)12(13,18-14)11(2,3)19(9,16)17/h4-6H,1-3H3. The van der Waals surface area contributed by atoms with Gasteiger partial charge in [-0.2, -0.15) is 0 Å². The molecule has 3 nitrogen and oxygen atoms in total. The largest absolute Gasteiger partial charge is 0.291 e. The van der Waals surface area contributed by atoms with Gasteiger partial charge in [0.1, 0.15) is 4.75 Å². The first-order valence-corrected chi connectivity index (χ1v) is 8.98. The first-order valence-electron chi connectivity index (χ1n) is 5.48. The maximum Gasteiger partial charge on any atom is 0.198 e. The molecule has 1 heterocycles. The minimum absolute atomic E-state index is 0.0232. The molecule has 104 valence electrons. The van der Waals surface area contributed by atoms with Gasteiger partial charge in [-0.25, -0.2) is 8.42 Å². The van der Waals surface area contributed by atoms with Gasteiger partial charge in [-0.1, -0.05) is 23.2 Å². The zero-order chi connectivity index (χ0) is 14.6. The Morgan fingerprint density at radius 3 is 2.37 bits per heavy atom. The second-order valence-electron chi connectivity index (χ2n) is 5.01. The summed E-state index contributed by atoms with van der Waals surface area (Å²) in [5.41, 5.74) is 0.906. The highest BCUT2D eigenvalue weighted by molar-refractivity contribution is 8.24. The molecule has 0 fully saturated rings. The van der Waals surface area contributed by atoms with Crippen molar-refractivity contribution in [1.82, 2.24) is 0 Å². The normalized spacial score (nSPS) is 27.9. The number of carbonyl (C=O) groups excluding carboxylic acids is 1. The zero-order valence-electron chi connectivity index (χ0n) is 10.5. The van der Waals surface area contributed by atoms with Gasteiger partial charge in [-0.05, 0) is 54.6 Å². The highest BCUT2D eigenvalue weighted by atomic mass is 35.7. The molecule has 1 aliphatic heterocycles. The summed E-state index contributed by atoms with van der Waals surface area (Å²) in [6, 6.07) is 4.65. The van der Waals surface area contributed by atoms with E-state index >= 15 is 0 Å². The van der Waals surface area contributed by atoms with E-state index < -0.39 is 24.6 Å². The Morgan fingerprint density at radius 2 is 1.84 bits per heavy atom. The summed E-state index contributed by atoms with van der Waals surface area (Å²) in [4.78, 5) is 12.5. The first kappa shape index (κ1) is 15.2. The maximum atomic E-state index is 12.6. The van der Waals surface area contributed by atoms with Crippen LogP contribution in [0.3, 0.4) is 0 Å². The lowest BCUT2D eigenvalue weighted by molar-refractivity contribution is 0.0955. The number of halogens is 2. The number of hydrogen-bond acceptors (Lipinski definition) is 4. The number of hydrogen-bond donors (Lipinski definition) is 0. The summed E-state index contributed by atoms with van der Waals surface area (Å²) in [7, 11) is 2.53. The third kappa shape index (κ3) is 1.78. The van der Waals surface area contributed by atoms with Crippen LogP contribution in [0.25, 0.3) is 0 Å². The van der Waals surface area contributed by atoms with Crippen LogP contribution in [0.5, 0.6) is 0 Å². The number of rotatable bonds is 1. The lowest BCUT2D eigenvalue weighted by atomic mass is 9.97. The molecule has 7 heteroatoms. The smallest absolute Gasteiger partial charge is 0.198 e. The van der Waals surface area contributed by atoms with Gasteiger partial charge in [-0.3, -0.25) is 4.79 Å². The highest BCUT2D eigenvalue weighted by Crippen LogP contribution is 2.54. The number of aryl methyl sites for hydroxylation is 1. The lowest BCUT2D eigenvalue weighted by Gasteiger charge is -2.41. The summed E-state index contributed by atoms with van der Waals surface area (Å²) in [5, 5.41) is 0. The summed E-state index contributed by atoms with van der Waals surface area (Å²) >= 11 is 6.27. The second-order valence-corrected chi connectivity index (χ2v) is 9.50. The minimum Gasteiger partial charge on any atom is -0.291 e. The van der Waals surface area contributed by atoms with Crippen LogP contribution >= 0.6 is 33.3 Å². The summed E-state index contributed by atoms with van der Waals surface area (Å²) < 4.78 is 22.1. The Balaban J connectivity index is 2.91. The van der Waals surface area contributed by atoms with Crippen LogP contribution in [0.15, 0.2) is 23.1 Å². The molecule has 0 aliphatic carbocycles. The molecule has 0 radical (unpaired) electrons. The molecule has 0 saturated heterocycles. The maximum absolute atomic E-state index is 12.6. The van der Waals surface area contributed by atoms with Crippen LogP contribution in [0.4, 0.5) is 0 Å². The van der Waals surface area contributed by atoms with E-state index in [0.29, 0.717) is 11.0 Å². The SMILES string of the molecule is Cc1ccc2c(c1)C(=O)C(Cl)(SCl)C(C)(C)S2(=O)=O. The van der Waals surface area contributed by atoms with Gasteiger partial charge in [0.05, 0.1) is 4.90 Å². The number of carbonyl (C=O) groups is 1. The average Bonchev–Trinajstić information content (AvgIpc) is 2.34. The van der Waals surface area contributed by atoms with Gasteiger partial charge in [0.2, 0.25) is 0 Å². The summed E-state index contributed by atoms with van der Waals surface area (Å²) in [6.07, 6.45) is 0. The monoisotopic (exact) mass is 338 g/mol. The van der Waals surface area contributed by atoms with Gasteiger partial charge in [0.25, 0.3) is 0 Å². The molecule has 1 unspecified atom stereocenters. The number of fused-ring (bicyclic) bond motifs is 1. The van der Waals surface area contributed by atoms with E-state index in [1.54, 1.807) is 13.0 Å². The Labute approximate surface area is 126 Å². The van der Waals surface area contributed by atoms with E-state index in [0.717, 1.165) is 5.56 Å². The van der Waals surface area contributed by atoms with Crippen molar-refractivity contribution in [2.24, 2.45) is 0 Å². The summed E-state index contributed by atoms with van der Waals surface area (Å²) in [6.45, 7) is 4.63. The van der Waals surface area contributed by atoms with E-state index in [4.69, 9.17) is 22.3 Å².